The summed E-state index contributed by atoms with van der Waals surface area (Å²) in [7, 11) is 1.77. The summed E-state index contributed by atoms with van der Waals surface area (Å²) < 4.78 is 11.1. The Morgan fingerprint density at radius 2 is 2.15 bits per heavy atom. The summed E-state index contributed by atoms with van der Waals surface area (Å²) in [5.74, 6) is 2.58. The molecule has 0 saturated heterocycles. The first-order chi connectivity index (χ1) is 12.3. The van der Waals surface area contributed by atoms with Crippen LogP contribution in [0.25, 0.3) is 0 Å². The van der Waals surface area contributed by atoms with Crippen molar-refractivity contribution in [2.24, 2.45) is 4.99 Å². The van der Waals surface area contributed by atoms with Crippen LogP contribution in [-0.4, -0.2) is 44.3 Å². The van der Waals surface area contributed by atoms with Gasteiger partial charge in [-0.05, 0) is 35.7 Å². The van der Waals surface area contributed by atoms with E-state index in [1.54, 1.807) is 19.4 Å². The van der Waals surface area contributed by atoms with Crippen molar-refractivity contribution in [3.63, 3.8) is 0 Å². The lowest BCUT2D eigenvalue weighted by Crippen LogP contribution is -2.40. The Labute approximate surface area is 171 Å². The van der Waals surface area contributed by atoms with Crippen LogP contribution in [0.2, 0.25) is 0 Å². The first-order valence-electron chi connectivity index (χ1n) is 8.57. The van der Waals surface area contributed by atoms with Gasteiger partial charge in [0, 0.05) is 26.2 Å². The second-order valence-electron chi connectivity index (χ2n) is 5.75. The quantitative estimate of drug-likeness (QED) is 0.283. The molecular formula is C19H25IN4O2. The fourth-order valence-electron chi connectivity index (χ4n) is 2.71. The van der Waals surface area contributed by atoms with Gasteiger partial charge in [-0.2, -0.15) is 0 Å². The first-order valence-corrected chi connectivity index (χ1v) is 8.57. The summed E-state index contributed by atoms with van der Waals surface area (Å²) in [6.45, 7) is 2.85. The van der Waals surface area contributed by atoms with E-state index in [4.69, 9.17) is 9.47 Å². The number of aromatic nitrogens is 1. The van der Waals surface area contributed by atoms with Gasteiger partial charge < -0.3 is 20.1 Å². The van der Waals surface area contributed by atoms with Crippen molar-refractivity contribution >= 4 is 29.9 Å². The van der Waals surface area contributed by atoms with Crippen LogP contribution in [0.5, 0.6) is 11.5 Å². The molecule has 0 bridgehead atoms. The molecule has 0 unspecified atom stereocenters. The zero-order valence-corrected chi connectivity index (χ0v) is 17.2. The lowest BCUT2D eigenvalue weighted by molar-refractivity contribution is 0.320. The number of rotatable bonds is 7. The van der Waals surface area contributed by atoms with Crippen LogP contribution in [-0.2, 0) is 12.8 Å². The van der Waals surface area contributed by atoms with Gasteiger partial charge in [0.1, 0.15) is 18.1 Å². The SMILES string of the molecule is CN=C(NCCOc1cccnc1)NCCc1ccc2c(c1)CCO2.I. The number of benzene rings is 1. The minimum absolute atomic E-state index is 0. The number of pyridine rings is 1. The van der Waals surface area contributed by atoms with Gasteiger partial charge in [0.25, 0.3) is 0 Å². The maximum Gasteiger partial charge on any atom is 0.191 e. The second-order valence-corrected chi connectivity index (χ2v) is 5.75. The molecule has 0 radical (unpaired) electrons. The maximum atomic E-state index is 5.60. The van der Waals surface area contributed by atoms with Crippen LogP contribution in [0.4, 0.5) is 0 Å². The van der Waals surface area contributed by atoms with Crippen LogP contribution in [0.3, 0.4) is 0 Å². The van der Waals surface area contributed by atoms with E-state index < -0.39 is 0 Å². The highest BCUT2D eigenvalue weighted by Crippen LogP contribution is 2.25. The molecule has 6 nitrogen and oxygen atoms in total. The normalized spacial score (nSPS) is 12.6. The third kappa shape index (κ3) is 6.05. The zero-order valence-electron chi connectivity index (χ0n) is 14.9. The molecule has 1 aromatic heterocycles. The van der Waals surface area contributed by atoms with E-state index in [0.29, 0.717) is 13.2 Å². The Balaban J connectivity index is 0.00000243. The Bertz CT molecular complexity index is 710. The van der Waals surface area contributed by atoms with Gasteiger partial charge >= 0.3 is 0 Å². The number of nitrogens with one attached hydrogen (secondary N) is 2. The molecule has 1 aliphatic heterocycles. The standard InChI is InChI=1S/C19H24N4O2.HI/c1-20-19(23-10-12-24-17-3-2-8-21-14-17)22-9-6-15-4-5-18-16(13-15)7-11-25-18;/h2-5,8,13-14H,6-7,9-12H2,1H3,(H2,20,22,23);1H. The fraction of sp³-hybridized carbons (Fsp3) is 0.368. The number of aliphatic imine (C=N–C) groups is 1. The van der Waals surface area contributed by atoms with Crippen LogP contribution < -0.4 is 20.1 Å². The molecule has 0 aliphatic carbocycles. The average Bonchev–Trinajstić information content (AvgIpc) is 3.12. The molecule has 0 atom stereocenters. The third-order valence-electron chi connectivity index (χ3n) is 3.98. The lowest BCUT2D eigenvalue weighted by atomic mass is 10.1. The minimum atomic E-state index is 0. The molecule has 0 spiro atoms. The van der Waals surface area contributed by atoms with Gasteiger partial charge in [-0.1, -0.05) is 12.1 Å². The van der Waals surface area contributed by atoms with Gasteiger partial charge in [-0.25, -0.2) is 0 Å². The summed E-state index contributed by atoms with van der Waals surface area (Å²) in [6.07, 6.45) is 5.39. The van der Waals surface area contributed by atoms with E-state index in [1.807, 2.05) is 12.1 Å². The predicted octanol–water partition coefficient (Wildman–Crippen LogP) is 2.42. The summed E-state index contributed by atoms with van der Waals surface area (Å²) in [6, 6.07) is 10.2. The van der Waals surface area contributed by atoms with E-state index in [0.717, 1.165) is 43.5 Å². The van der Waals surface area contributed by atoms with E-state index >= 15 is 0 Å². The number of ether oxygens (including phenoxy) is 2. The van der Waals surface area contributed by atoms with E-state index in [1.165, 1.54) is 11.1 Å². The highest BCUT2D eigenvalue weighted by Gasteiger charge is 2.11. The van der Waals surface area contributed by atoms with Crippen molar-refractivity contribution in [1.82, 2.24) is 15.6 Å². The number of hydrogen-bond donors (Lipinski definition) is 2. The van der Waals surface area contributed by atoms with Crippen LogP contribution >= 0.6 is 24.0 Å². The maximum absolute atomic E-state index is 5.60. The van der Waals surface area contributed by atoms with E-state index in [-0.39, 0.29) is 24.0 Å². The smallest absolute Gasteiger partial charge is 0.191 e. The Hall–Kier alpha value is -2.03. The highest BCUT2D eigenvalue weighted by atomic mass is 127. The topological polar surface area (TPSA) is 67.8 Å². The van der Waals surface area contributed by atoms with E-state index in [9.17, 15) is 0 Å². The minimum Gasteiger partial charge on any atom is -0.493 e. The Kier molecular flexibility index (Phi) is 8.46. The van der Waals surface area contributed by atoms with Crippen molar-refractivity contribution in [2.75, 3.05) is 33.4 Å². The van der Waals surface area contributed by atoms with Crippen LogP contribution in [0.1, 0.15) is 11.1 Å². The van der Waals surface area contributed by atoms with Gasteiger partial charge in [0.15, 0.2) is 5.96 Å². The molecule has 1 aromatic carbocycles. The van der Waals surface area contributed by atoms with Crippen molar-refractivity contribution < 1.29 is 9.47 Å². The predicted molar refractivity (Wildman–Crippen MR) is 114 cm³/mol. The molecule has 0 saturated carbocycles. The van der Waals surface area contributed by atoms with E-state index in [2.05, 4.69) is 38.8 Å². The Morgan fingerprint density at radius 3 is 2.96 bits per heavy atom. The summed E-state index contributed by atoms with van der Waals surface area (Å²) in [5.41, 5.74) is 2.62. The van der Waals surface area contributed by atoms with Crippen molar-refractivity contribution in [3.8, 4) is 11.5 Å². The Morgan fingerprint density at radius 1 is 1.27 bits per heavy atom. The molecule has 7 heteroatoms. The molecule has 3 rings (SSSR count). The molecule has 140 valence electrons. The van der Waals surface area contributed by atoms with Crippen molar-refractivity contribution in [2.45, 2.75) is 12.8 Å². The van der Waals surface area contributed by atoms with Gasteiger partial charge in [-0.15, -0.1) is 24.0 Å². The monoisotopic (exact) mass is 468 g/mol. The highest BCUT2D eigenvalue weighted by molar-refractivity contribution is 14.0. The van der Waals surface area contributed by atoms with Gasteiger partial charge in [0.05, 0.1) is 19.3 Å². The van der Waals surface area contributed by atoms with Gasteiger partial charge in [0.2, 0.25) is 0 Å². The number of halogens is 1. The molecule has 26 heavy (non-hydrogen) atoms. The summed E-state index contributed by atoms with van der Waals surface area (Å²) in [5, 5.41) is 6.57. The molecular weight excluding hydrogens is 443 g/mol. The largest absolute Gasteiger partial charge is 0.493 e. The third-order valence-corrected chi connectivity index (χ3v) is 3.98. The molecule has 0 amide bonds. The van der Waals surface area contributed by atoms with Crippen molar-refractivity contribution in [1.29, 1.82) is 0 Å². The van der Waals surface area contributed by atoms with Crippen LogP contribution in [0, 0.1) is 0 Å². The molecule has 2 aromatic rings. The fourth-order valence-corrected chi connectivity index (χ4v) is 2.71. The van der Waals surface area contributed by atoms with Crippen molar-refractivity contribution in [3.05, 3.63) is 53.9 Å². The zero-order chi connectivity index (χ0) is 17.3. The number of guanidine groups is 1. The molecule has 1 aliphatic rings. The lowest BCUT2D eigenvalue weighted by Gasteiger charge is -2.12. The molecule has 2 heterocycles. The van der Waals surface area contributed by atoms with Gasteiger partial charge in [-0.3, -0.25) is 9.98 Å². The summed E-state index contributed by atoms with van der Waals surface area (Å²) in [4.78, 5) is 8.24. The molecule has 0 fully saturated rings. The molecule has 2 N–H and O–H groups in total. The number of nitrogens with zero attached hydrogens (tertiary/aromatic N) is 2. The van der Waals surface area contributed by atoms with Crippen LogP contribution in [0.15, 0.2) is 47.7 Å². The number of fused-ring (bicyclic) bond motifs is 1. The summed E-state index contributed by atoms with van der Waals surface area (Å²) >= 11 is 0. The number of hydrogen-bond acceptors (Lipinski definition) is 4. The first kappa shape index (κ1) is 20.3. The second kappa shape index (κ2) is 10.8. The average molecular weight is 468 g/mol.